The number of aromatic nitrogens is 2. The number of rotatable bonds is 5. The van der Waals surface area contributed by atoms with Crippen molar-refractivity contribution >= 4 is 53.9 Å². The van der Waals surface area contributed by atoms with E-state index in [9.17, 15) is 0 Å². The SMILES string of the molecule is c1ccc(-c2ncc(-c3ccc(-c4ccc(-c5cccc6c7cccc8ccc9cccc(c%10ccccc%10c56)c9c87)cc4)cc3)nc2-c2ccccc2)cc1. The Labute approximate surface area is 325 Å². The minimum atomic E-state index is 0.848. The van der Waals surface area contributed by atoms with Crippen LogP contribution in [0.1, 0.15) is 0 Å². The fraction of sp³-hybridized carbons (Fsp3) is 0. The van der Waals surface area contributed by atoms with Crippen LogP contribution in [0.4, 0.5) is 0 Å². The van der Waals surface area contributed by atoms with Crippen molar-refractivity contribution in [2.75, 3.05) is 0 Å². The topological polar surface area (TPSA) is 25.8 Å². The highest BCUT2D eigenvalue weighted by molar-refractivity contribution is 6.34. The lowest BCUT2D eigenvalue weighted by Crippen LogP contribution is -1.96. The van der Waals surface area contributed by atoms with Crippen LogP contribution in [0.3, 0.4) is 0 Å². The van der Waals surface area contributed by atoms with Gasteiger partial charge in [0, 0.05) is 16.7 Å². The van der Waals surface area contributed by atoms with Gasteiger partial charge < -0.3 is 0 Å². The maximum Gasteiger partial charge on any atom is 0.0972 e. The molecule has 0 fully saturated rings. The summed E-state index contributed by atoms with van der Waals surface area (Å²) in [6, 6.07) is 72.0. The van der Waals surface area contributed by atoms with Crippen LogP contribution in [-0.4, -0.2) is 9.97 Å². The summed E-state index contributed by atoms with van der Waals surface area (Å²) in [4.78, 5) is 10.1. The molecule has 260 valence electrons. The van der Waals surface area contributed by atoms with Crippen molar-refractivity contribution < 1.29 is 0 Å². The molecule has 0 aliphatic rings. The smallest absolute Gasteiger partial charge is 0.0972 e. The van der Waals surface area contributed by atoms with Crippen molar-refractivity contribution in [3.8, 4) is 56.0 Å². The van der Waals surface area contributed by atoms with Gasteiger partial charge >= 0.3 is 0 Å². The van der Waals surface area contributed by atoms with Crippen LogP contribution in [0.2, 0.25) is 0 Å². The molecule has 0 amide bonds. The fourth-order valence-electron chi connectivity index (χ4n) is 8.66. The van der Waals surface area contributed by atoms with Crippen LogP contribution >= 0.6 is 0 Å². The second kappa shape index (κ2) is 13.2. The van der Waals surface area contributed by atoms with Gasteiger partial charge in [0.25, 0.3) is 0 Å². The highest BCUT2D eigenvalue weighted by atomic mass is 14.8. The molecule has 2 nitrogen and oxygen atoms in total. The van der Waals surface area contributed by atoms with Crippen LogP contribution in [0, 0.1) is 0 Å². The molecule has 0 radical (unpaired) electrons. The van der Waals surface area contributed by atoms with Crippen molar-refractivity contribution in [2.24, 2.45) is 0 Å². The van der Waals surface area contributed by atoms with Gasteiger partial charge in [-0.3, -0.25) is 4.98 Å². The van der Waals surface area contributed by atoms with Crippen molar-refractivity contribution in [3.05, 3.63) is 206 Å². The van der Waals surface area contributed by atoms with E-state index in [4.69, 9.17) is 9.97 Å². The second-order valence-electron chi connectivity index (χ2n) is 14.5. The van der Waals surface area contributed by atoms with Crippen molar-refractivity contribution in [1.82, 2.24) is 9.97 Å². The van der Waals surface area contributed by atoms with Gasteiger partial charge in [-0.1, -0.05) is 200 Å². The van der Waals surface area contributed by atoms with E-state index in [0.29, 0.717) is 0 Å². The zero-order valence-corrected chi connectivity index (χ0v) is 30.5. The average molecular weight is 711 g/mol. The molecule has 0 saturated heterocycles. The molecule has 0 atom stereocenters. The number of benzene rings is 9. The van der Waals surface area contributed by atoms with Gasteiger partial charge in [0.2, 0.25) is 0 Å². The van der Waals surface area contributed by atoms with E-state index in [1.54, 1.807) is 0 Å². The quantitative estimate of drug-likeness (QED) is 0.166. The molecule has 0 aliphatic carbocycles. The third-order valence-electron chi connectivity index (χ3n) is 11.3. The Bertz CT molecular complexity index is 3260. The van der Waals surface area contributed by atoms with Gasteiger partial charge in [0.1, 0.15) is 0 Å². The summed E-state index contributed by atoms with van der Waals surface area (Å²) in [6.07, 6.45) is 1.89. The van der Waals surface area contributed by atoms with Crippen molar-refractivity contribution in [1.29, 1.82) is 0 Å². The first-order valence-corrected chi connectivity index (χ1v) is 19.2. The van der Waals surface area contributed by atoms with Gasteiger partial charge in [-0.15, -0.1) is 0 Å². The van der Waals surface area contributed by atoms with E-state index >= 15 is 0 Å². The standard InChI is InChI=1S/C54H34N2/c1-3-12-41(13-4-1)53-54(42-14-5-2-6-15-42)56-49(34-55-53)38-30-26-36(27-31-38)35-24-28-37(29-25-35)43-20-11-23-48-47-22-10-17-40-33-32-39-16-9-21-45(50(39)51(40)47)44-18-7-8-19-46(44)52(43)48/h1-34H. The molecule has 0 spiro atoms. The summed E-state index contributed by atoms with van der Waals surface area (Å²) in [5.74, 6) is 0. The van der Waals surface area contributed by atoms with Crippen LogP contribution in [0.15, 0.2) is 206 Å². The summed E-state index contributed by atoms with van der Waals surface area (Å²) in [7, 11) is 0. The van der Waals surface area contributed by atoms with E-state index in [1.807, 2.05) is 42.6 Å². The molecular weight excluding hydrogens is 677 g/mol. The maximum absolute atomic E-state index is 5.17. The Morgan fingerprint density at radius 2 is 0.714 bits per heavy atom. The summed E-state index contributed by atoms with van der Waals surface area (Å²) in [6.45, 7) is 0. The fourth-order valence-corrected chi connectivity index (χ4v) is 8.66. The molecule has 2 heteroatoms. The van der Waals surface area contributed by atoms with Gasteiger partial charge in [0.05, 0.1) is 23.3 Å². The lowest BCUT2D eigenvalue weighted by atomic mass is 9.88. The predicted molar refractivity (Wildman–Crippen MR) is 237 cm³/mol. The van der Waals surface area contributed by atoms with Crippen molar-refractivity contribution in [2.45, 2.75) is 0 Å². The van der Waals surface area contributed by atoms with E-state index in [2.05, 4.69) is 164 Å². The number of fused-ring (bicyclic) bond motifs is 5. The highest BCUT2D eigenvalue weighted by Gasteiger charge is 2.16. The van der Waals surface area contributed by atoms with Gasteiger partial charge in [-0.2, -0.15) is 0 Å². The lowest BCUT2D eigenvalue weighted by molar-refractivity contribution is 1.21. The predicted octanol–water partition coefficient (Wildman–Crippen LogP) is 14.6. The van der Waals surface area contributed by atoms with Gasteiger partial charge in [-0.05, 0) is 76.1 Å². The molecule has 11 rings (SSSR count). The van der Waals surface area contributed by atoms with Gasteiger partial charge in [-0.25, -0.2) is 4.98 Å². The Kier molecular flexibility index (Phi) is 7.53. The van der Waals surface area contributed by atoms with Crippen LogP contribution in [-0.2, 0) is 0 Å². The maximum atomic E-state index is 5.17. The molecule has 1 heterocycles. The van der Waals surface area contributed by atoms with Crippen molar-refractivity contribution in [3.63, 3.8) is 0 Å². The third kappa shape index (κ3) is 5.26. The molecule has 10 aromatic carbocycles. The van der Waals surface area contributed by atoms with E-state index in [0.717, 1.165) is 39.3 Å². The molecule has 0 saturated carbocycles. The molecule has 11 aromatic rings. The Morgan fingerprint density at radius 3 is 1.34 bits per heavy atom. The van der Waals surface area contributed by atoms with Gasteiger partial charge in [0.15, 0.2) is 0 Å². The lowest BCUT2D eigenvalue weighted by Gasteiger charge is -2.16. The Balaban J connectivity index is 1.01. The van der Waals surface area contributed by atoms with Crippen LogP contribution < -0.4 is 0 Å². The minimum Gasteiger partial charge on any atom is -0.252 e. The minimum absolute atomic E-state index is 0.848. The molecule has 0 aliphatic heterocycles. The third-order valence-corrected chi connectivity index (χ3v) is 11.3. The number of hydrogen-bond donors (Lipinski definition) is 0. The summed E-state index contributed by atoms with van der Waals surface area (Å²) >= 11 is 0. The number of hydrogen-bond acceptors (Lipinski definition) is 2. The summed E-state index contributed by atoms with van der Waals surface area (Å²) in [5.41, 5.74) is 10.5. The monoisotopic (exact) mass is 710 g/mol. The molecular formula is C54H34N2. The number of nitrogens with zero attached hydrogens (tertiary/aromatic N) is 2. The zero-order chi connectivity index (χ0) is 37.0. The first-order chi connectivity index (χ1) is 27.8. The Hall–Kier alpha value is -7.42. The van der Waals surface area contributed by atoms with Crippen LogP contribution in [0.25, 0.3) is 110 Å². The molecule has 0 unspecified atom stereocenters. The second-order valence-corrected chi connectivity index (χ2v) is 14.5. The van der Waals surface area contributed by atoms with E-state index in [1.165, 1.54) is 70.6 Å². The highest BCUT2D eigenvalue weighted by Crippen LogP contribution is 2.43. The summed E-state index contributed by atoms with van der Waals surface area (Å²) < 4.78 is 0. The van der Waals surface area contributed by atoms with E-state index < -0.39 is 0 Å². The summed E-state index contributed by atoms with van der Waals surface area (Å²) in [5, 5.41) is 12.8. The zero-order valence-electron chi connectivity index (χ0n) is 30.5. The molecule has 1 aromatic heterocycles. The van der Waals surface area contributed by atoms with E-state index in [-0.39, 0.29) is 0 Å². The largest absolute Gasteiger partial charge is 0.252 e. The first kappa shape index (κ1) is 32.0. The Morgan fingerprint density at radius 1 is 0.268 bits per heavy atom. The average Bonchev–Trinajstić information content (AvgIpc) is 3.28. The molecule has 56 heavy (non-hydrogen) atoms. The normalized spacial score (nSPS) is 11.6. The molecule has 0 N–H and O–H groups in total. The first-order valence-electron chi connectivity index (χ1n) is 19.2. The van der Waals surface area contributed by atoms with Crippen LogP contribution in [0.5, 0.6) is 0 Å². The molecule has 0 bridgehead atoms.